The summed E-state index contributed by atoms with van der Waals surface area (Å²) in [6.07, 6.45) is 3.22. The number of aryl methyl sites for hydroxylation is 1. The summed E-state index contributed by atoms with van der Waals surface area (Å²) in [5, 5.41) is 0. The first-order valence-corrected chi connectivity index (χ1v) is 5.58. The number of aldehydes is 1. The maximum atomic E-state index is 10.8. The minimum Gasteiger partial charge on any atom is -0.489 e. The minimum atomic E-state index is 0.244. The molecular formula is C13H14O3. The zero-order valence-electron chi connectivity index (χ0n) is 9.29. The lowest BCUT2D eigenvalue weighted by Crippen LogP contribution is -2.17. The Balaban J connectivity index is 1.97. The van der Waals surface area contributed by atoms with E-state index in [1.54, 1.807) is 6.07 Å². The fraction of sp³-hybridized carbons (Fsp3) is 0.462. The number of hydrogen-bond donors (Lipinski definition) is 0. The van der Waals surface area contributed by atoms with E-state index in [0.29, 0.717) is 17.9 Å². The molecule has 0 aromatic heterocycles. The summed E-state index contributed by atoms with van der Waals surface area (Å²) in [6, 6.07) is 3.67. The maximum absolute atomic E-state index is 10.8. The van der Waals surface area contributed by atoms with Crippen LogP contribution in [0.1, 0.15) is 28.8 Å². The van der Waals surface area contributed by atoms with Gasteiger partial charge in [-0.25, -0.2) is 0 Å². The molecule has 0 amide bonds. The Morgan fingerprint density at radius 1 is 1.19 bits per heavy atom. The second kappa shape index (κ2) is 3.24. The monoisotopic (exact) mass is 218 g/mol. The molecule has 1 heterocycles. The highest BCUT2D eigenvalue weighted by molar-refractivity contribution is 5.79. The average molecular weight is 218 g/mol. The smallest absolute Gasteiger partial charge is 0.161 e. The molecule has 84 valence electrons. The molecule has 0 unspecified atom stereocenters. The van der Waals surface area contributed by atoms with Gasteiger partial charge in [0.2, 0.25) is 0 Å². The second-order valence-corrected chi connectivity index (χ2v) is 4.85. The lowest BCUT2D eigenvalue weighted by Gasteiger charge is -2.09. The van der Waals surface area contributed by atoms with Crippen LogP contribution in [0.15, 0.2) is 12.1 Å². The zero-order chi connectivity index (χ0) is 11.2. The van der Waals surface area contributed by atoms with Gasteiger partial charge in [0.1, 0.15) is 6.29 Å². The Bertz CT molecular complexity index is 447. The first-order valence-electron chi connectivity index (χ1n) is 5.58. The lowest BCUT2D eigenvalue weighted by atomic mass is 10.1. The van der Waals surface area contributed by atoms with Crippen LogP contribution >= 0.6 is 0 Å². The van der Waals surface area contributed by atoms with Gasteiger partial charge < -0.3 is 9.47 Å². The standard InChI is InChI=1S/C13H14O3/c1-9-4-11-12(5-10(9)6-14)16-8-13(2-3-13)7-15-11/h4-6H,2-3,7-8H2,1H3. The van der Waals surface area contributed by atoms with E-state index in [9.17, 15) is 4.79 Å². The van der Waals surface area contributed by atoms with Gasteiger partial charge in [0.05, 0.1) is 13.2 Å². The molecule has 3 nitrogen and oxygen atoms in total. The summed E-state index contributed by atoms with van der Waals surface area (Å²) in [5.41, 5.74) is 1.85. The fourth-order valence-corrected chi connectivity index (χ4v) is 2.00. The Kier molecular flexibility index (Phi) is 1.96. The molecule has 0 atom stereocenters. The van der Waals surface area contributed by atoms with E-state index in [2.05, 4.69) is 0 Å². The Labute approximate surface area is 94.4 Å². The summed E-state index contributed by atoms with van der Waals surface area (Å²) in [4.78, 5) is 10.8. The van der Waals surface area contributed by atoms with Gasteiger partial charge in [-0.2, -0.15) is 0 Å². The molecular weight excluding hydrogens is 204 g/mol. The van der Waals surface area contributed by atoms with Crippen LogP contribution in [-0.2, 0) is 0 Å². The Hall–Kier alpha value is -1.51. The highest BCUT2D eigenvalue weighted by Gasteiger charge is 2.46. The van der Waals surface area contributed by atoms with Crippen molar-refractivity contribution < 1.29 is 14.3 Å². The van der Waals surface area contributed by atoms with Crippen molar-refractivity contribution in [2.24, 2.45) is 5.41 Å². The molecule has 3 heteroatoms. The number of rotatable bonds is 1. The van der Waals surface area contributed by atoms with Crippen LogP contribution in [0.2, 0.25) is 0 Å². The number of ether oxygens (including phenoxy) is 2. The molecule has 0 N–H and O–H groups in total. The molecule has 1 aliphatic carbocycles. The Morgan fingerprint density at radius 2 is 1.81 bits per heavy atom. The van der Waals surface area contributed by atoms with Crippen molar-refractivity contribution in [2.45, 2.75) is 19.8 Å². The van der Waals surface area contributed by atoms with Crippen molar-refractivity contribution in [2.75, 3.05) is 13.2 Å². The highest BCUT2D eigenvalue weighted by Crippen LogP contribution is 2.49. The molecule has 1 aliphatic heterocycles. The van der Waals surface area contributed by atoms with E-state index in [0.717, 1.165) is 24.2 Å². The van der Waals surface area contributed by atoms with Gasteiger partial charge in [0.25, 0.3) is 0 Å². The third-order valence-corrected chi connectivity index (χ3v) is 3.48. The Morgan fingerprint density at radius 3 is 2.38 bits per heavy atom. The first kappa shape index (κ1) is 9.70. The van der Waals surface area contributed by atoms with Crippen LogP contribution in [0.5, 0.6) is 11.5 Å². The van der Waals surface area contributed by atoms with Crippen LogP contribution in [0, 0.1) is 12.3 Å². The van der Waals surface area contributed by atoms with Crippen LogP contribution < -0.4 is 9.47 Å². The SMILES string of the molecule is Cc1cc2c(cc1C=O)OCC1(CC1)CO2. The van der Waals surface area contributed by atoms with E-state index < -0.39 is 0 Å². The summed E-state index contributed by atoms with van der Waals surface area (Å²) < 4.78 is 11.5. The number of carbonyl (C=O) groups is 1. The number of benzene rings is 1. The molecule has 16 heavy (non-hydrogen) atoms. The van der Waals surface area contributed by atoms with Crippen LogP contribution in [0.3, 0.4) is 0 Å². The molecule has 1 aromatic carbocycles. The van der Waals surface area contributed by atoms with E-state index in [1.165, 1.54) is 12.8 Å². The first-order chi connectivity index (χ1) is 7.72. The maximum Gasteiger partial charge on any atom is 0.161 e. The van der Waals surface area contributed by atoms with Gasteiger partial charge in [-0.1, -0.05) is 0 Å². The van der Waals surface area contributed by atoms with Gasteiger partial charge in [0, 0.05) is 11.0 Å². The van der Waals surface area contributed by atoms with E-state index in [4.69, 9.17) is 9.47 Å². The molecule has 3 rings (SSSR count). The van der Waals surface area contributed by atoms with E-state index in [-0.39, 0.29) is 5.41 Å². The van der Waals surface area contributed by atoms with E-state index >= 15 is 0 Å². The molecule has 1 saturated carbocycles. The van der Waals surface area contributed by atoms with Gasteiger partial charge in [-0.05, 0) is 37.5 Å². The number of carbonyl (C=O) groups excluding carboxylic acids is 1. The molecule has 1 aromatic rings. The minimum absolute atomic E-state index is 0.244. The van der Waals surface area contributed by atoms with Crippen molar-refractivity contribution in [1.82, 2.24) is 0 Å². The predicted molar refractivity (Wildman–Crippen MR) is 59.2 cm³/mol. The average Bonchev–Trinajstić information content (AvgIpc) is 3.07. The fourth-order valence-electron chi connectivity index (χ4n) is 2.00. The topological polar surface area (TPSA) is 35.5 Å². The molecule has 1 spiro atoms. The second-order valence-electron chi connectivity index (χ2n) is 4.85. The van der Waals surface area contributed by atoms with Crippen LogP contribution in [0.4, 0.5) is 0 Å². The van der Waals surface area contributed by atoms with Gasteiger partial charge in [-0.15, -0.1) is 0 Å². The summed E-state index contributed by atoms with van der Waals surface area (Å²) in [7, 11) is 0. The lowest BCUT2D eigenvalue weighted by molar-refractivity contribution is 0.112. The van der Waals surface area contributed by atoms with Crippen LogP contribution in [0.25, 0.3) is 0 Å². The highest BCUT2D eigenvalue weighted by atomic mass is 16.5. The summed E-state index contributed by atoms with van der Waals surface area (Å²) in [6.45, 7) is 3.35. The summed E-state index contributed by atoms with van der Waals surface area (Å²) in [5.74, 6) is 1.48. The number of fused-ring (bicyclic) bond motifs is 1. The largest absolute Gasteiger partial charge is 0.489 e. The molecule has 0 saturated heterocycles. The summed E-state index contributed by atoms with van der Waals surface area (Å²) >= 11 is 0. The number of hydrogen-bond acceptors (Lipinski definition) is 3. The quantitative estimate of drug-likeness (QED) is 0.679. The van der Waals surface area contributed by atoms with Crippen molar-refractivity contribution in [3.05, 3.63) is 23.3 Å². The third kappa shape index (κ3) is 1.47. The van der Waals surface area contributed by atoms with Gasteiger partial charge >= 0.3 is 0 Å². The van der Waals surface area contributed by atoms with Crippen molar-refractivity contribution in [1.29, 1.82) is 0 Å². The molecule has 2 aliphatic rings. The molecule has 1 fully saturated rings. The van der Waals surface area contributed by atoms with Crippen molar-refractivity contribution in [3.63, 3.8) is 0 Å². The predicted octanol–water partition coefficient (Wildman–Crippen LogP) is 2.36. The van der Waals surface area contributed by atoms with Crippen LogP contribution in [-0.4, -0.2) is 19.5 Å². The zero-order valence-corrected chi connectivity index (χ0v) is 9.29. The van der Waals surface area contributed by atoms with E-state index in [1.807, 2.05) is 13.0 Å². The normalized spacial score (nSPS) is 20.3. The molecule has 0 radical (unpaired) electrons. The van der Waals surface area contributed by atoms with Crippen molar-refractivity contribution >= 4 is 6.29 Å². The van der Waals surface area contributed by atoms with Crippen molar-refractivity contribution in [3.8, 4) is 11.5 Å². The van der Waals surface area contributed by atoms with Gasteiger partial charge in [0.15, 0.2) is 11.5 Å². The van der Waals surface area contributed by atoms with Gasteiger partial charge in [-0.3, -0.25) is 4.79 Å². The molecule has 0 bridgehead atoms. The third-order valence-electron chi connectivity index (χ3n) is 3.48.